The second-order valence-electron chi connectivity index (χ2n) is 4.76. The SMILES string of the molecule is CCSCC(=O)c1cc(C)ccc1OCC(C)C. The summed E-state index contributed by atoms with van der Waals surface area (Å²) in [6.07, 6.45) is 0. The molecule has 0 saturated heterocycles. The van der Waals surface area contributed by atoms with Crippen molar-refractivity contribution < 1.29 is 9.53 Å². The Morgan fingerprint density at radius 1 is 1.39 bits per heavy atom. The normalized spacial score (nSPS) is 10.7. The Balaban J connectivity index is 2.85. The second-order valence-corrected chi connectivity index (χ2v) is 6.04. The summed E-state index contributed by atoms with van der Waals surface area (Å²) in [5.74, 6) is 2.82. The first-order valence-corrected chi connectivity index (χ1v) is 7.54. The average molecular weight is 266 g/mol. The molecule has 0 aliphatic heterocycles. The molecule has 1 rings (SSSR count). The zero-order valence-electron chi connectivity index (χ0n) is 11.7. The molecule has 0 fully saturated rings. The maximum absolute atomic E-state index is 12.1. The van der Waals surface area contributed by atoms with E-state index in [1.165, 1.54) is 0 Å². The van der Waals surface area contributed by atoms with Crippen LogP contribution in [0.2, 0.25) is 0 Å². The Morgan fingerprint density at radius 3 is 2.72 bits per heavy atom. The van der Waals surface area contributed by atoms with Gasteiger partial charge in [0.15, 0.2) is 5.78 Å². The molecule has 2 nitrogen and oxygen atoms in total. The van der Waals surface area contributed by atoms with Gasteiger partial charge in [-0.15, -0.1) is 0 Å². The number of hydrogen-bond acceptors (Lipinski definition) is 3. The number of aryl methyl sites for hydroxylation is 1. The summed E-state index contributed by atoms with van der Waals surface area (Å²) in [4.78, 5) is 12.1. The van der Waals surface area contributed by atoms with Gasteiger partial charge < -0.3 is 4.74 Å². The van der Waals surface area contributed by atoms with Crippen molar-refractivity contribution >= 4 is 17.5 Å². The highest BCUT2D eigenvalue weighted by Crippen LogP contribution is 2.22. The van der Waals surface area contributed by atoms with Crippen molar-refractivity contribution in [1.82, 2.24) is 0 Å². The third-order valence-corrected chi connectivity index (χ3v) is 3.32. The first kappa shape index (κ1) is 15.1. The molecule has 0 spiro atoms. The van der Waals surface area contributed by atoms with Crippen LogP contribution < -0.4 is 4.74 Å². The minimum atomic E-state index is 0.157. The van der Waals surface area contributed by atoms with Gasteiger partial charge in [0.1, 0.15) is 5.75 Å². The maximum atomic E-state index is 12.1. The van der Waals surface area contributed by atoms with Gasteiger partial charge in [-0.2, -0.15) is 11.8 Å². The molecule has 0 amide bonds. The molecule has 0 unspecified atom stereocenters. The zero-order chi connectivity index (χ0) is 13.5. The summed E-state index contributed by atoms with van der Waals surface area (Å²) in [5.41, 5.74) is 1.81. The standard InChI is InChI=1S/C15H22O2S/c1-5-18-10-14(16)13-8-12(4)6-7-15(13)17-9-11(2)3/h6-8,11H,5,9-10H2,1-4H3. The van der Waals surface area contributed by atoms with E-state index in [4.69, 9.17) is 4.74 Å². The lowest BCUT2D eigenvalue weighted by Gasteiger charge is -2.13. The lowest BCUT2D eigenvalue weighted by Crippen LogP contribution is -2.10. The third-order valence-electron chi connectivity index (χ3n) is 2.44. The molecule has 0 aromatic heterocycles. The van der Waals surface area contributed by atoms with Crippen molar-refractivity contribution in [2.24, 2.45) is 5.92 Å². The summed E-state index contributed by atoms with van der Waals surface area (Å²) in [6, 6.07) is 5.81. The van der Waals surface area contributed by atoms with Crippen LogP contribution in [-0.2, 0) is 0 Å². The summed E-state index contributed by atoms with van der Waals surface area (Å²) >= 11 is 1.64. The van der Waals surface area contributed by atoms with E-state index in [1.54, 1.807) is 11.8 Å². The lowest BCUT2D eigenvalue weighted by atomic mass is 10.1. The zero-order valence-corrected chi connectivity index (χ0v) is 12.5. The number of thioether (sulfide) groups is 1. The smallest absolute Gasteiger partial charge is 0.176 e. The number of benzene rings is 1. The summed E-state index contributed by atoms with van der Waals surface area (Å²) in [5, 5.41) is 0. The Morgan fingerprint density at radius 2 is 2.11 bits per heavy atom. The highest BCUT2D eigenvalue weighted by atomic mass is 32.2. The van der Waals surface area contributed by atoms with E-state index < -0.39 is 0 Å². The number of hydrogen-bond donors (Lipinski definition) is 0. The van der Waals surface area contributed by atoms with Crippen LogP contribution in [0.3, 0.4) is 0 Å². The van der Waals surface area contributed by atoms with Crippen LogP contribution in [0.4, 0.5) is 0 Å². The van der Waals surface area contributed by atoms with Gasteiger partial charge in [-0.1, -0.05) is 32.4 Å². The number of carbonyl (C=O) groups excluding carboxylic acids is 1. The second kappa shape index (κ2) is 7.47. The van der Waals surface area contributed by atoms with Crippen molar-refractivity contribution in [2.75, 3.05) is 18.1 Å². The molecule has 18 heavy (non-hydrogen) atoms. The topological polar surface area (TPSA) is 26.3 Å². The third kappa shape index (κ3) is 4.73. The number of ether oxygens (including phenoxy) is 1. The fraction of sp³-hybridized carbons (Fsp3) is 0.533. The van der Waals surface area contributed by atoms with Crippen molar-refractivity contribution in [3.05, 3.63) is 29.3 Å². The number of Topliss-reactive ketones (excluding diaryl/α,β-unsaturated/α-hetero) is 1. The van der Waals surface area contributed by atoms with Crippen LogP contribution in [-0.4, -0.2) is 23.9 Å². The van der Waals surface area contributed by atoms with Crippen molar-refractivity contribution in [1.29, 1.82) is 0 Å². The van der Waals surface area contributed by atoms with E-state index >= 15 is 0 Å². The van der Waals surface area contributed by atoms with E-state index in [0.717, 1.165) is 22.6 Å². The first-order valence-electron chi connectivity index (χ1n) is 6.39. The minimum absolute atomic E-state index is 0.157. The molecule has 0 aliphatic carbocycles. The van der Waals surface area contributed by atoms with Crippen LogP contribution in [0.5, 0.6) is 5.75 Å². The highest BCUT2D eigenvalue weighted by molar-refractivity contribution is 7.99. The summed E-state index contributed by atoms with van der Waals surface area (Å²) in [6.45, 7) is 8.90. The van der Waals surface area contributed by atoms with Gasteiger partial charge in [-0.3, -0.25) is 4.79 Å². The average Bonchev–Trinajstić information content (AvgIpc) is 2.34. The van der Waals surface area contributed by atoms with Gasteiger partial charge >= 0.3 is 0 Å². The maximum Gasteiger partial charge on any atom is 0.176 e. The fourth-order valence-electron chi connectivity index (χ4n) is 1.52. The first-order chi connectivity index (χ1) is 8.54. The van der Waals surface area contributed by atoms with Crippen molar-refractivity contribution in [3.63, 3.8) is 0 Å². The molecule has 0 N–H and O–H groups in total. The van der Waals surface area contributed by atoms with E-state index in [9.17, 15) is 4.79 Å². The predicted octanol–water partition coefficient (Wildman–Crippen LogP) is 3.97. The van der Waals surface area contributed by atoms with E-state index in [1.807, 2.05) is 25.1 Å². The van der Waals surface area contributed by atoms with Crippen molar-refractivity contribution in [3.8, 4) is 5.75 Å². The molecule has 3 heteroatoms. The van der Waals surface area contributed by atoms with Crippen LogP contribution in [0.1, 0.15) is 36.7 Å². The quantitative estimate of drug-likeness (QED) is 0.699. The molecular formula is C15H22O2S. The predicted molar refractivity (Wildman–Crippen MR) is 78.8 cm³/mol. The summed E-state index contributed by atoms with van der Waals surface area (Å²) < 4.78 is 5.72. The molecule has 0 aliphatic rings. The molecule has 0 heterocycles. The van der Waals surface area contributed by atoms with E-state index in [2.05, 4.69) is 20.8 Å². The number of ketones is 1. The van der Waals surface area contributed by atoms with Gasteiger partial charge in [0, 0.05) is 0 Å². The Bertz CT molecular complexity index is 399. The minimum Gasteiger partial charge on any atom is -0.493 e. The van der Waals surface area contributed by atoms with E-state index in [0.29, 0.717) is 18.3 Å². The fourth-order valence-corrected chi connectivity index (χ4v) is 2.06. The van der Waals surface area contributed by atoms with Crippen LogP contribution in [0.15, 0.2) is 18.2 Å². The van der Waals surface area contributed by atoms with Crippen LogP contribution in [0.25, 0.3) is 0 Å². The van der Waals surface area contributed by atoms with Crippen LogP contribution in [0, 0.1) is 12.8 Å². The largest absolute Gasteiger partial charge is 0.493 e. The number of carbonyl (C=O) groups is 1. The Hall–Kier alpha value is -0.960. The highest BCUT2D eigenvalue weighted by Gasteiger charge is 2.13. The van der Waals surface area contributed by atoms with Crippen LogP contribution >= 0.6 is 11.8 Å². The van der Waals surface area contributed by atoms with Gasteiger partial charge in [-0.05, 0) is 30.7 Å². The number of rotatable bonds is 7. The van der Waals surface area contributed by atoms with Crippen molar-refractivity contribution in [2.45, 2.75) is 27.7 Å². The van der Waals surface area contributed by atoms with Gasteiger partial charge in [0.2, 0.25) is 0 Å². The molecular weight excluding hydrogens is 244 g/mol. The molecule has 1 aromatic carbocycles. The van der Waals surface area contributed by atoms with Gasteiger partial charge in [0.05, 0.1) is 17.9 Å². The summed E-state index contributed by atoms with van der Waals surface area (Å²) in [7, 11) is 0. The molecule has 100 valence electrons. The van der Waals surface area contributed by atoms with Gasteiger partial charge in [-0.25, -0.2) is 0 Å². The molecule has 0 radical (unpaired) electrons. The van der Waals surface area contributed by atoms with E-state index in [-0.39, 0.29) is 5.78 Å². The van der Waals surface area contributed by atoms with Gasteiger partial charge in [0.25, 0.3) is 0 Å². The lowest BCUT2D eigenvalue weighted by molar-refractivity contribution is 0.101. The molecule has 0 bridgehead atoms. The Kier molecular flexibility index (Phi) is 6.27. The molecule has 0 atom stereocenters. The molecule has 1 aromatic rings. The monoisotopic (exact) mass is 266 g/mol. The molecule has 0 saturated carbocycles. The Labute approximate surface area is 114 Å².